The molecule has 2 rings (SSSR count). The molecule has 0 fully saturated rings. The summed E-state index contributed by atoms with van der Waals surface area (Å²) in [5.41, 5.74) is 7.22. The highest BCUT2D eigenvalue weighted by Crippen LogP contribution is 2.14. The van der Waals surface area contributed by atoms with Gasteiger partial charge in [0.25, 0.3) is 0 Å². The van der Waals surface area contributed by atoms with Crippen molar-refractivity contribution in [1.82, 2.24) is 4.98 Å². The molecule has 4 nitrogen and oxygen atoms in total. The van der Waals surface area contributed by atoms with Crippen LogP contribution in [0.5, 0.6) is 5.75 Å². The topological polar surface area (TPSA) is 68.1 Å². The summed E-state index contributed by atoms with van der Waals surface area (Å²) in [6, 6.07) is 10.9. The average Bonchev–Trinajstić information content (AvgIpc) is 2.25. The van der Waals surface area contributed by atoms with Gasteiger partial charge >= 0.3 is 0 Å². The third-order valence-corrected chi connectivity index (χ3v) is 2.32. The highest BCUT2D eigenvalue weighted by Gasteiger charge is 1.99. The number of ether oxygens (including phenoxy) is 1. The number of pyridine rings is 1. The Kier molecular flexibility index (Phi) is 3.14. The maximum atomic E-state index is 11.2. The van der Waals surface area contributed by atoms with Crippen LogP contribution in [0.4, 0.5) is 5.82 Å². The van der Waals surface area contributed by atoms with Gasteiger partial charge in [0.05, 0.1) is 0 Å². The molecule has 0 bridgehead atoms. The van der Waals surface area contributed by atoms with Crippen LogP contribution in [0, 0.1) is 6.92 Å². The van der Waals surface area contributed by atoms with Crippen molar-refractivity contribution in [3.8, 4) is 5.75 Å². The van der Waals surface area contributed by atoms with Gasteiger partial charge in [-0.2, -0.15) is 0 Å². The lowest BCUT2D eigenvalue weighted by molar-refractivity contribution is 0.306. The van der Waals surface area contributed by atoms with Crippen LogP contribution in [0.15, 0.2) is 41.2 Å². The summed E-state index contributed by atoms with van der Waals surface area (Å²) in [6.07, 6.45) is 0. The second-order valence-electron chi connectivity index (χ2n) is 3.91. The molecular weight excluding hydrogens is 216 g/mol. The normalized spacial score (nSPS) is 10.2. The zero-order valence-electron chi connectivity index (χ0n) is 9.57. The van der Waals surface area contributed by atoms with E-state index in [1.807, 2.05) is 31.2 Å². The van der Waals surface area contributed by atoms with E-state index in [1.165, 1.54) is 6.07 Å². The molecule has 0 saturated carbocycles. The van der Waals surface area contributed by atoms with E-state index in [1.54, 1.807) is 6.07 Å². The van der Waals surface area contributed by atoms with Crippen LogP contribution < -0.4 is 16.0 Å². The van der Waals surface area contributed by atoms with E-state index < -0.39 is 0 Å². The number of aromatic nitrogens is 1. The molecule has 88 valence electrons. The molecule has 0 unspecified atom stereocenters. The number of hydrogen-bond donors (Lipinski definition) is 2. The van der Waals surface area contributed by atoms with Gasteiger partial charge in [0.2, 0.25) is 5.56 Å². The molecule has 0 radical (unpaired) electrons. The number of aryl methyl sites for hydroxylation is 1. The minimum atomic E-state index is -0.215. The van der Waals surface area contributed by atoms with Crippen LogP contribution in [0.3, 0.4) is 0 Å². The van der Waals surface area contributed by atoms with Crippen molar-refractivity contribution < 1.29 is 4.74 Å². The van der Waals surface area contributed by atoms with Crippen molar-refractivity contribution in [3.63, 3.8) is 0 Å². The molecule has 0 saturated heterocycles. The predicted octanol–water partition coefficient (Wildman–Crippen LogP) is 1.84. The fourth-order valence-corrected chi connectivity index (χ4v) is 1.58. The van der Waals surface area contributed by atoms with Gasteiger partial charge in [-0.25, -0.2) is 0 Å². The van der Waals surface area contributed by atoms with E-state index in [4.69, 9.17) is 10.5 Å². The van der Waals surface area contributed by atoms with E-state index in [0.717, 1.165) is 16.9 Å². The number of hydrogen-bond acceptors (Lipinski definition) is 3. The molecular formula is C13H14N2O2. The molecule has 17 heavy (non-hydrogen) atoms. The molecule has 2 aromatic rings. The summed E-state index contributed by atoms with van der Waals surface area (Å²) in [5, 5.41) is 0. The minimum absolute atomic E-state index is 0.215. The summed E-state index contributed by atoms with van der Waals surface area (Å²) in [7, 11) is 0. The second kappa shape index (κ2) is 4.74. The lowest BCUT2D eigenvalue weighted by Crippen LogP contribution is -2.10. The number of H-pyrrole nitrogens is 1. The van der Waals surface area contributed by atoms with Gasteiger partial charge in [-0.3, -0.25) is 4.79 Å². The average molecular weight is 230 g/mol. The van der Waals surface area contributed by atoms with E-state index >= 15 is 0 Å². The number of nitrogens with two attached hydrogens (primary N) is 1. The third kappa shape index (κ3) is 3.11. The van der Waals surface area contributed by atoms with Gasteiger partial charge in [0.1, 0.15) is 18.2 Å². The van der Waals surface area contributed by atoms with E-state index in [-0.39, 0.29) is 5.56 Å². The fraction of sp³-hybridized carbons (Fsp3) is 0.154. The Labute approximate surface area is 99.1 Å². The number of nitrogens with one attached hydrogen (secondary N) is 1. The van der Waals surface area contributed by atoms with Crippen LogP contribution in [0.1, 0.15) is 11.1 Å². The zero-order chi connectivity index (χ0) is 12.3. The van der Waals surface area contributed by atoms with E-state index in [9.17, 15) is 4.79 Å². The van der Waals surface area contributed by atoms with Gasteiger partial charge in [-0.1, -0.05) is 12.1 Å². The van der Waals surface area contributed by atoms with Gasteiger partial charge in [-0.15, -0.1) is 0 Å². The standard InChI is InChI=1S/C13H14N2O2/c1-9-3-2-4-11(5-9)17-8-10-6-12(14)15-13(16)7-10/h2-7H,8H2,1H3,(H3,14,15,16). The second-order valence-corrected chi connectivity index (χ2v) is 3.91. The quantitative estimate of drug-likeness (QED) is 0.845. The summed E-state index contributed by atoms with van der Waals surface area (Å²) in [5.74, 6) is 1.13. The van der Waals surface area contributed by atoms with Crippen molar-refractivity contribution in [2.75, 3.05) is 5.73 Å². The Hall–Kier alpha value is -2.23. The molecule has 1 aromatic heterocycles. The van der Waals surface area contributed by atoms with Crippen LogP contribution in [-0.4, -0.2) is 4.98 Å². The van der Waals surface area contributed by atoms with Gasteiger partial charge < -0.3 is 15.5 Å². The Bertz CT molecular complexity index is 576. The summed E-state index contributed by atoms with van der Waals surface area (Å²) in [4.78, 5) is 13.7. The monoisotopic (exact) mass is 230 g/mol. The Balaban J connectivity index is 2.09. The number of rotatable bonds is 3. The van der Waals surface area contributed by atoms with Gasteiger partial charge in [0, 0.05) is 6.07 Å². The lowest BCUT2D eigenvalue weighted by Gasteiger charge is -2.07. The molecule has 0 spiro atoms. The fourth-order valence-electron chi connectivity index (χ4n) is 1.58. The number of benzene rings is 1. The van der Waals surface area contributed by atoms with Crippen molar-refractivity contribution in [3.05, 3.63) is 57.9 Å². The molecule has 4 heteroatoms. The van der Waals surface area contributed by atoms with Crippen molar-refractivity contribution in [2.45, 2.75) is 13.5 Å². The predicted molar refractivity (Wildman–Crippen MR) is 67.0 cm³/mol. The Morgan fingerprint density at radius 2 is 2.12 bits per heavy atom. The largest absolute Gasteiger partial charge is 0.489 e. The van der Waals surface area contributed by atoms with Crippen molar-refractivity contribution in [1.29, 1.82) is 0 Å². The summed E-state index contributed by atoms with van der Waals surface area (Å²) >= 11 is 0. The van der Waals surface area contributed by atoms with E-state index in [0.29, 0.717) is 12.4 Å². The molecule has 3 N–H and O–H groups in total. The SMILES string of the molecule is Cc1cccc(OCc2cc(N)[nH]c(=O)c2)c1. The molecule has 1 aromatic carbocycles. The van der Waals surface area contributed by atoms with Crippen LogP contribution in [-0.2, 0) is 6.61 Å². The number of aromatic amines is 1. The molecule has 1 heterocycles. The van der Waals surface area contributed by atoms with Gasteiger partial charge in [-0.05, 0) is 36.2 Å². The maximum Gasteiger partial charge on any atom is 0.249 e. The summed E-state index contributed by atoms with van der Waals surface area (Å²) < 4.78 is 5.57. The van der Waals surface area contributed by atoms with Crippen LogP contribution in [0.25, 0.3) is 0 Å². The molecule has 0 aliphatic carbocycles. The Morgan fingerprint density at radius 3 is 2.82 bits per heavy atom. The molecule has 0 aliphatic rings. The third-order valence-electron chi connectivity index (χ3n) is 2.32. The maximum absolute atomic E-state index is 11.2. The first-order chi connectivity index (χ1) is 8.13. The lowest BCUT2D eigenvalue weighted by atomic mass is 10.2. The number of nitrogen functional groups attached to an aromatic ring is 1. The first kappa shape index (κ1) is 11.3. The summed E-state index contributed by atoms with van der Waals surface area (Å²) in [6.45, 7) is 2.33. The molecule has 0 amide bonds. The van der Waals surface area contributed by atoms with E-state index in [2.05, 4.69) is 4.98 Å². The zero-order valence-corrected chi connectivity index (χ0v) is 9.57. The van der Waals surface area contributed by atoms with Crippen molar-refractivity contribution in [2.24, 2.45) is 0 Å². The smallest absolute Gasteiger partial charge is 0.249 e. The highest BCUT2D eigenvalue weighted by atomic mass is 16.5. The first-order valence-electron chi connectivity index (χ1n) is 5.32. The van der Waals surface area contributed by atoms with Gasteiger partial charge in [0.15, 0.2) is 0 Å². The molecule has 0 atom stereocenters. The van der Waals surface area contributed by atoms with Crippen LogP contribution >= 0.6 is 0 Å². The van der Waals surface area contributed by atoms with Crippen LogP contribution in [0.2, 0.25) is 0 Å². The first-order valence-corrected chi connectivity index (χ1v) is 5.32. The minimum Gasteiger partial charge on any atom is -0.489 e. The highest BCUT2D eigenvalue weighted by molar-refractivity contribution is 5.32. The number of anilines is 1. The Morgan fingerprint density at radius 1 is 1.29 bits per heavy atom. The van der Waals surface area contributed by atoms with Crippen molar-refractivity contribution >= 4 is 5.82 Å². The molecule has 0 aliphatic heterocycles.